The van der Waals surface area contributed by atoms with E-state index in [-0.39, 0.29) is 23.9 Å². The van der Waals surface area contributed by atoms with Crippen LogP contribution in [0.3, 0.4) is 0 Å². The molecular formula is C16H18N4O3. The summed E-state index contributed by atoms with van der Waals surface area (Å²) in [6.07, 6.45) is 8.29. The van der Waals surface area contributed by atoms with Gasteiger partial charge in [0.15, 0.2) is 0 Å². The van der Waals surface area contributed by atoms with Crippen molar-refractivity contribution in [2.75, 3.05) is 6.54 Å². The van der Waals surface area contributed by atoms with Crippen molar-refractivity contribution in [2.24, 2.45) is 0 Å². The number of nitrogens with zero attached hydrogens (tertiary/aromatic N) is 3. The van der Waals surface area contributed by atoms with E-state index >= 15 is 0 Å². The maximum absolute atomic E-state index is 12.6. The summed E-state index contributed by atoms with van der Waals surface area (Å²) in [5.74, 6) is 0.349. The highest BCUT2D eigenvalue weighted by molar-refractivity contribution is 5.92. The molecule has 2 aromatic rings. The number of aromatic nitrogens is 2. The van der Waals surface area contributed by atoms with Gasteiger partial charge in [0.1, 0.15) is 11.5 Å². The maximum Gasteiger partial charge on any atom is 0.274 e. The zero-order valence-electron chi connectivity index (χ0n) is 12.6. The molecule has 1 fully saturated rings. The molecule has 0 radical (unpaired) electrons. The van der Waals surface area contributed by atoms with Gasteiger partial charge in [-0.2, -0.15) is 0 Å². The first-order chi connectivity index (χ1) is 11.2. The summed E-state index contributed by atoms with van der Waals surface area (Å²) in [4.78, 5) is 33.9. The van der Waals surface area contributed by atoms with Crippen molar-refractivity contribution in [1.82, 2.24) is 20.2 Å². The van der Waals surface area contributed by atoms with Crippen LogP contribution in [-0.4, -0.2) is 39.3 Å². The molecule has 2 heterocycles. The number of hydrogen-bond acceptors (Lipinski definition) is 5. The Labute approximate surface area is 133 Å². The van der Waals surface area contributed by atoms with Crippen LogP contribution in [0.25, 0.3) is 0 Å². The number of carbonyl (C=O) groups excluding carboxylic acids is 2. The van der Waals surface area contributed by atoms with Crippen molar-refractivity contribution in [3.05, 3.63) is 48.4 Å². The van der Waals surface area contributed by atoms with Crippen LogP contribution in [0.2, 0.25) is 0 Å². The molecule has 120 valence electrons. The van der Waals surface area contributed by atoms with Crippen LogP contribution < -0.4 is 5.32 Å². The molecule has 7 heteroatoms. The number of rotatable bonds is 7. The predicted molar refractivity (Wildman–Crippen MR) is 81.3 cm³/mol. The number of carbonyl (C=O) groups is 2. The molecule has 0 bridgehead atoms. The summed E-state index contributed by atoms with van der Waals surface area (Å²) in [6, 6.07) is 3.87. The Kier molecular flexibility index (Phi) is 4.65. The smallest absolute Gasteiger partial charge is 0.274 e. The fourth-order valence-electron chi connectivity index (χ4n) is 2.18. The Balaban J connectivity index is 1.65. The second-order valence-electron chi connectivity index (χ2n) is 5.49. The molecule has 0 aliphatic heterocycles. The van der Waals surface area contributed by atoms with Gasteiger partial charge in [-0.3, -0.25) is 14.6 Å². The third-order valence-corrected chi connectivity index (χ3v) is 3.55. The molecule has 0 saturated heterocycles. The summed E-state index contributed by atoms with van der Waals surface area (Å²) in [6.45, 7) is 0.591. The fraction of sp³-hybridized carbons (Fsp3) is 0.375. The van der Waals surface area contributed by atoms with E-state index in [0.717, 1.165) is 12.8 Å². The lowest BCUT2D eigenvalue weighted by atomic mass is 10.3. The zero-order chi connectivity index (χ0) is 16.1. The second kappa shape index (κ2) is 7.04. The van der Waals surface area contributed by atoms with Crippen molar-refractivity contribution in [1.29, 1.82) is 0 Å². The molecule has 1 aliphatic carbocycles. The van der Waals surface area contributed by atoms with E-state index in [1.807, 2.05) is 0 Å². The van der Waals surface area contributed by atoms with Crippen molar-refractivity contribution >= 4 is 11.8 Å². The van der Waals surface area contributed by atoms with E-state index in [1.165, 1.54) is 18.6 Å². The second-order valence-corrected chi connectivity index (χ2v) is 5.49. The molecular weight excluding hydrogens is 296 g/mol. The third-order valence-electron chi connectivity index (χ3n) is 3.55. The van der Waals surface area contributed by atoms with Crippen LogP contribution in [-0.2, 0) is 11.3 Å². The van der Waals surface area contributed by atoms with E-state index < -0.39 is 0 Å². The van der Waals surface area contributed by atoms with Gasteiger partial charge in [0, 0.05) is 31.4 Å². The minimum atomic E-state index is -0.270. The van der Waals surface area contributed by atoms with E-state index in [9.17, 15) is 9.59 Å². The Morgan fingerprint density at radius 1 is 1.35 bits per heavy atom. The normalized spacial score (nSPS) is 13.6. The third kappa shape index (κ3) is 4.38. The van der Waals surface area contributed by atoms with E-state index in [2.05, 4.69) is 15.3 Å². The zero-order valence-corrected chi connectivity index (χ0v) is 12.6. The van der Waals surface area contributed by atoms with Crippen molar-refractivity contribution in [2.45, 2.75) is 31.8 Å². The van der Waals surface area contributed by atoms with Crippen LogP contribution in [0.15, 0.2) is 41.4 Å². The lowest BCUT2D eigenvalue weighted by Gasteiger charge is -2.21. The minimum Gasteiger partial charge on any atom is -0.467 e. The lowest BCUT2D eigenvalue weighted by molar-refractivity contribution is -0.121. The number of amides is 2. The van der Waals surface area contributed by atoms with Gasteiger partial charge in [0.05, 0.1) is 19.0 Å². The average Bonchev–Trinajstić information content (AvgIpc) is 3.23. The first-order valence-corrected chi connectivity index (χ1v) is 7.59. The molecule has 7 nitrogen and oxygen atoms in total. The molecule has 3 rings (SSSR count). The molecule has 1 aliphatic rings. The molecule has 1 N–H and O–H groups in total. The summed E-state index contributed by atoms with van der Waals surface area (Å²) in [5, 5.41) is 2.92. The molecule has 2 amide bonds. The Morgan fingerprint density at radius 2 is 2.22 bits per heavy atom. The summed E-state index contributed by atoms with van der Waals surface area (Å²) >= 11 is 0. The van der Waals surface area contributed by atoms with Crippen LogP contribution >= 0.6 is 0 Å². The van der Waals surface area contributed by atoms with Crippen molar-refractivity contribution in [3.63, 3.8) is 0 Å². The molecule has 23 heavy (non-hydrogen) atoms. The van der Waals surface area contributed by atoms with Gasteiger partial charge >= 0.3 is 0 Å². The Bertz CT molecular complexity index is 653. The van der Waals surface area contributed by atoms with Gasteiger partial charge in [-0.05, 0) is 25.0 Å². The molecule has 0 atom stereocenters. The SMILES string of the molecule is O=C(CCN(Cc1ccco1)C(=O)c1cnccn1)NC1CC1. The van der Waals surface area contributed by atoms with Crippen molar-refractivity contribution < 1.29 is 14.0 Å². The van der Waals surface area contributed by atoms with Crippen molar-refractivity contribution in [3.8, 4) is 0 Å². The molecule has 1 saturated carbocycles. The van der Waals surface area contributed by atoms with E-state index in [0.29, 0.717) is 24.9 Å². The standard InChI is InChI=1S/C16H18N4O3/c21-15(19-12-3-4-12)5-8-20(11-13-2-1-9-23-13)16(22)14-10-17-6-7-18-14/h1-2,6-7,9-10,12H,3-5,8,11H2,(H,19,21). The van der Waals surface area contributed by atoms with Gasteiger partial charge in [-0.15, -0.1) is 0 Å². The number of hydrogen-bond donors (Lipinski definition) is 1. The van der Waals surface area contributed by atoms with Crippen LogP contribution in [0.1, 0.15) is 35.5 Å². The summed E-state index contributed by atoms with van der Waals surface area (Å²) < 4.78 is 5.30. The highest BCUT2D eigenvalue weighted by Crippen LogP contribution is 2.18. The highest BCUT2D eigenvalue weighted by atomic mass is 16.3. The van der Waals surface area contributed by atoms with Gasteiger partial charge in [0.2, 0.25) is 5.91 Å². The summed E-state index contributed by atoms with van der Waals surface area (Å²) in [7, 11) is 0. The number of furan rings is 1. The average molecular weight is 314 g/mol. The van der Waals surface area contributed by atoms with Gasteiger partial charge in [-0.25, -0.2) is 4.98 Å². The monoisotopic (exact) mass is 314 g/mol. The van der Waals surface area contributed by atoms with Gasteiger partial charge in [-0.1, -0.05) is 0 Å². The first-order valence-electron chi connectivity index (χ1n) is 7.59. The van der Waals surface area contributed by atoms with Crippen LogP contribution in [0.5, 0.6) is 0 Å². The van der Waals surface area contributed by atoms with Gasteiger partial charge in [0.25, 0.3) is 5.91 Å². The minimum absolute atomic E-state index is 0.0381. The topological polar surface area (TPSA) is 88.3 Å². The summed E-state index contributed by atoms with van der Waals surface area (Å²) in [5.41, 5.74) is 0.252. The fourth-order valence-corrected chi connectivity index (χ4v) is 2.18. The van der Waals surface area contributed by atoms with E-state index in [1.54, 1.807) is 23.3 Å². The lowest BCUT2D eigenvalue weighted by Crippen LogP contribution is -2.35. The molecule has 0 aromatic carbocycles. The largest absolute Gasteiger partial charge is 0.467 e. The quantitative estimate of drug-likeness (QED) is 0.834. The van der Waals surface area contributed by atoms with Crippen LogP contribution in [0.4, 0.5) is 0 Å². The van der Waals surface area contributed by atoms with Gasteiger partial charge < -0.3 is 14.6 Å². The molecule has 2 aromatic heterocycles. The maximum atomic E-state index is 12.6. The number of nitrogens with one attached hydrogen (secondary N) is 1. The first kappa shape index (κ1) is 15.2. The Morgan fingerprint density at radius 3 is 2.87 bits per heavy atom. The Hall–Kier alpha value is -2.70. The molecule has 0 spiro atoms. The van der Waals surface area contributed by atoms with Crippen LogP contribution in [0, 0.1) is 0 Å². The highest BCUT2D eigenvalue weighted by Gasteiger charge is 2.24. The molecule has 0 unspecified atom stereocenters. The van der Waals surface area contributed by atoms with E-state index in [4.69, 9.17) is 4.42 Å². The predicted octanol–water partition coefficient (Wildman–Crippen LogP) is 1.38.